The van der Waals surface area contributed by atoms with Crippen molar-refractivity contribution >= 4 is 23.2 Å². The Kier molecular flexibility index (Phi) is 6.37. The Morgan fingerprint density at radius 3 is 2.70 bits per heavy atom. The monoisotopic (exact) mass is 373 g/mol. The van der Waals surface area contributed by atoms with Crippen LogP contribution in [0.2, 0.25) is 0 Å². The summed E-state index contributed by atoms with van der Waals surface area (Å²) in [6.45, 7) is 3.33. The van der Waals surface area contributed by atoms with E-state index >= 15 is 0 Å². The minimum absolute atomic E-state index is 0.0305. The molecule has 27 heavy (non-hydrogen) atoms. The van der Waals surface area contributed by atoms with Crippen LogP contribution in [0.4, 0.5) is 11.4 Å². The smallest absolute Gasteiger partial charge is 0.267 e. The molecule has 0 spiro atoms. The van der Waals surface area contributed by atoms with Crippen LogP contribution in [0.5, 0.6) is 5.75 Å². The Balaban J connectivity index is 1.75. The zero-order valence-corrected chi connectivity index (χ0v) is 16.7. The van der Waals surface area contributed by atoms with Gasteiger partial charge in [0, 0.05) is 18.2 Å². The van der Waals surface area contributed by atoms with Crippen LogP contribution in [0.15, 0.2) is 18.2 Å². The Hall–Kier alpha value is -2.08. The van der Waals surface area contributed by atoms with Gasteiger partial charge in [0.05, 0.1) is 5.69 Å². The van der Waals surface area contributed by atoms with Crippen LogP contribution < -0.4 is 15.0 Å². The lowest BCUT2D eigenvalue weighted by molar-refractivity contribution is -0.125. The molecule has 0 radical (unpaired) electrons. The molecule has 3 rings (SSSR count). The van der Waals surface area contributed by atoms with Gasteiger partial charge in [-0.3, -0.25) is 9.59 Å². The second kappa shape index (κ2) is 8.74. The molecule has 0 bridgehead atoms. The number of anilines is 2. The van der Waals surface area contributed by atoms with E-state index in [1.807, 2.05) is 32.3 Å². The first-order valence-corrected chi connectivity index (χ1v) is 10.0. The fraction of sp³-hybridized carbons (Fsp3) is 0.619. The number of carbonyl (C=O) groups is 2. The fourth-order valence-electron chi connectivity index (χ4n) is 3.87. The summed E-state index contributed by atoms with van der Waals surface area (Å²) in [7, 11) is 4.05. The molecule has 0 saturated heterocycles. The minimum Gasteiger partial charge on any atom is -0.479 e. The van der Waals surface area contributed by atoms with Crippen molar-refractivity contribution in [2.24, 2.45) is 5.92 Å². The van der Waals surface area contributed by atoms with Gasteiger partial charge in [-0.25, -0.2) is 0 Å². The number of hydrogen-bond donors (Lipinski definition) is 1. The van der Waals surface area contributed by atoms with Gasteiger partial charge in [0.2, 0.25) is 5.91 Å². The van der Waals surface area contributed by atoms with E-state index in [-0.39, 0.29) is 17.7 Å². The molecule has 1 aromatic carbocycles. The number of fused-ring (bicyclic) bond motifs is 1. The highest BCUT2D eigenvalue weighted by molar-refractivity contribution is 6.01. The molecule has 1 unspecified atom stereocenters. The molecule has 1 aliphatic heterocycles. The summed E-state index contributed by atoms with van der Waals surface area (Å²) in [6.07, 6.45) is 5.80. The van der Waals surface area contributed by atoms with E-state index in [2.05, 4.69) is 10.2 Å². The molecular formula is C21H31N3O3. The third-order valence-corrected chi connectivity index (χ3v) is 5.40. The number of ether oxygens (including phenoxy) is 1. The van der Waals surface area contributed by atoms with Gasteiger partial charge < -0.3 is 19.9 Å². The summed E-state index contributed by atoms with van der Waals surface area (Å²) in [4.78, 5) is 29.1. The molecule has 1 atom stereocenters. The van der Waals surface area contributed by atoms with Gasteiger partial charge in [0.15, 0.2) is 6.10 Å². The van der Waals surface area contributed by atoms with Crippen molar-refractivity contribution in [1.82, 2.24) is 4.90 Å². The number of rotatable bonds is 6. The molecular weight excluding hydrogens is 342 g/mol. The van der Waals surface area contributed by atoms with Gasteiger partial charge in [0.1, 0.15) is 5.75 Å². The molecule has 6 nitrogen and oxygen atoms in total. The number of nitrogens with zero attached hydrogens (tertiary/aromatic N) is 2. The Morgan fingerprint density at radius 2 is 2.00 bits per heavy atom. The molecule has 6 heteroatoms. The lowest BCUT2D eigenvalue weighted by Crippen LogP contribution is -2.45. The number of nitrogens with one attached hydrogen (secondary N) is 1. The largest absolute Gasteiger partial charge is 0.479 e. The summed E-state index contributed by atoms with van der Waals surface area (Å²) in [5.41, 5.74) is 1.48. The van der Waals surface area contributed by atoms with E-state index in [0.717, 1.165) is 50.0 Å². The highest BCUT2D eigenvalue weighted by Gasteiger charge is 2.31. The molecule has 148 valence electrons. The van der Waals surface area contributed by atoms with Gasteiger partial charge in [-0.1, -0.05) is 19.3 Å². The van der Waals surface area contributed by atoms with Gasteiger partial charge in [-0.2, -0.15) is 0 Å². The standard InChI is InChI=1S/C21H31N3O3/c1-15-21(26)24(13-7-12-23(2)3)18-14-17(10-11-19(18)27-15)22-20(25)16-8-5-4-6-9-16/h10-11,14-16H,4-9,12-13H2,1-3H3,(H,22,25). The van der Waals surface area contributed by atoms with Crippen LogP contribution in [0, 0.1) is 5.92 Å². The zero-order chi connectivity index (χ0) is 19.4. The van der Waals surface area contributed by atoms with Crippen molar-refractivity contribution in [2.45, 2.75) is 51.6 Å². The zero-order valence-electron chi connectivity index (χ0n) is 16.7. The predicted octanol–water partition coefficient (Wildman–Crippen LogP) is 3.27. The molecule has 1 N–H and O–H groups in total. The van der Waals surface area contributed by atoms with Gasteiger partial charge in [0.25, 0.3) is 5.91 Å². The second-order valence-corrected chi connectivity index (χ2v) is 7.91. The van der Waals surface area contributed by atoms with Crippen LogP contribution in [0.3, 0.4) is 0 Å². The third-order valence-electron chi connectivity index (χ3n) is 5.40. The molecule has 1 aliphatic carbocycles. The van der Waals surface area contributed by atoms with E-state index < -0.39 is 6.10 Å². The van der Waals surface area contributed by atoms with Gasteiger partial charge >= 0.3 is 0 Å². The first kappa shape index (κ1) is 19.7. The summed E-state index contributed by atoms with van der Waals surface area (Å²) in [5, 5.41) is 3.04. The quantitative estimate of drug-likeness (QED) is 0.831. The first-order chi connectivity index (χ1) is 13.0. The summed E-state index contributed by atoms with van der Waals surface area (Å²) < 4.78 is 5.76. The number of amides is 2. The highest BCUT2D eigenvalue weighted by Crippen LogP contribution is 2.37. The summed E-state index contributed by atoms with van der Waals surface area (Å²) in [6, 6.07) is 5.59. The topological polar surface area (TPSA) is 61.9 Å². The molecule has 0 aromatic heterocycles. The van der Waals surface area contributed by atoms with E-state index in [1.165, 1.54) is 6.42 Å². The number of benzene rings is 1. The summed E-state index contributed by atoms with van der Waals surface area (Å²) >= 11 is 0. The molecule has 1 heterocycles. The van der Waals surface area contributed by atoms with Crippen molar-refractivity contribution in [1.29, 1.82) is 0 Å². The van der Waals surface area contributed by atoms with Crippen LogP contribution >= 0.6 is 0 Å². The first-order valence-electron chi connectivity index (χ1n) is 10.0. The van der Waals surface area contributed by atoms with E-state index in [4.69, 9.17) is 4.74 Å². The minimum atomic E-state index is -0.487. The van der Waals surface area contributed by atoms with Crippen molar-refractivity contribution in [3.05, 3.63) is 18.2 Å². The van der Waals surface area contributed by atoms with Gasteiger partial charge in [-0.15, -0.1) is 0 Å². The van der Waals surface area contributed by atoms with Crippen LogP contribution in [0.1, 0.15) is 45.4 Å². The highest BCUT2D eigenvalue weighted by atomic mass is 16.5. The normalized spacial score (nSPS) is 20.4. The lowest BCUT2D eigenvalue weighted by Gasteiger charge is -2.33. The van der Waals surface area contributed by atoms with Crippen LogP contribution in [0.25, 0.3) is 0 Å². The maximum atomic E-state index is 12.6. The summed E-state index contributed by atoms with van der Waals surface area (Å²) in [5.74, 6) is 0.855. The predicted molar refractivity (Wildman–Crippen MR) is 107 cm³/mol. The molecule has 1 fully saturated rings. The molecule has 2 amide bonds. The second-order valence-electron chi connectivity index (χ2n) is 7.91. The van der Waals surface area contributed by atoms with Gasteiger partial charge in [-0.05, 0) is 65.0 Å². The average molecular weight is 373 g/mol. The van der Waals surface area contributed by atoms with E-state index in [1.54, 1.807) is 11.8 Å². The SMILES string of the molecule is CC1Oc2ccc(NC(=O)C3CCCCC3)cc2N(CCCN(C)C)C1=O. The Labute approximate surface area is 161 Å². The molecule has 2 aliphatic rings. The van der Waals surface area contributed by atoms with Crippen molar-refractivity contribution in [3.63, 3.8) is 0 Å². The van der Waals surface area contributed by atoms with Crippen LogP contribution in [-0.4, -0.2) is 50.0 Å². The van der Waals surface area contributed by atoms with E-state index in [9.17, 15) is 9.59 Å². The number of carbonyl (C=O) groups excluding carboxylic acids is 2. The maximum absolute atomic E-state index is 12.6. The fourth-order valence-corrected chi connectivity index (χ4v) is 3.87. The van der Waals surface area contributed by atoms with Crippen molar-refractivity contribution < 1.29 is 14.3 Å². The third kappa shape index (κ3) is 4.80. The van der Waals surface area contributed by atoms with E-state index in [0.29, 0.717) is 12.3 Å². The lowest BCUT2D eigenvalue weighted by atomic mass is 9.88. The Morgan fingerprint density at radius 1 is 1.26 bits per heavy atom. The van der Waals surface area contributed by atoms with Crippen molar-refractivity contribution in [2.75, 3.05) is 37.4 Å². The maximum Gasteiger partial charge on any atom is 0.267 e. The van der Waals surface area contributed by atoms with Crippen LogP contribution in [-0.2, 0) is 9.59 Å². The average Bonchev–Trinajstić information content (AvgIpc) is 2.65. The molecule has 1 aromatic rings. The number of hydrogen-bond acceptors (Lipinski definition) is 4. The molecule has 1 saturated carbocycles. The Bertz CT molecular complexity index is 683. The van der Waals surface area contributed by atoms with Crippen molar-refractivity contribution in [3.8, 4) is 5.75 Å².